The lowest BCUT2D eigenvalue weighted by molar-refractivity contribution is 0.663. The Morgan fingerprint density at radius 1 is 0.613 bits per heavy atom. The van der Waals surface area contributed by atoms with E-state index in [2.05, 4.69) is 33.7 Å². The lowest BCUT2D eigenvalue weighted by atomic mass is 10.0. The molecule has 8 rings (SSSR count). The van der Waals surface area contributed by atoms with Gasteiger partial charge in [0.2, 0.25) is 0 Å². The molecule has 0 saturated carbocycles. The zero-order valence-corrected chi connectivity index (χ0v) is 16.2. The first-order chi connectivity index (χ1) is 15.4. The Labute approximate surface area is 174 Å². The molecule has 5 heteroatoms. The molecule has 5 nitrogen and oxygen atoms in total. The van der Waals surface area contributed by atoms with Crippen molar-refractivity contribution < 1.29 is 8.83 Å². The number of benzene rings is 3. The third-order valence-electron chi connectivity index (χ3n) is 6.31. The zero-order valence-electron chi connectivity index (χ0n) is 16.2. The highest BCUT2D eigenvalue weighted by Gasteiger charge is 2.20. The van der Waals surface area contributed by atoms with Gasteiger partial charge in [-0.1, -0.05) is 18.2 Å². The SMILES string of the molecule is c1ccc2c(c1)oc1ccc3c(oc4ccc5c(c6ncccc6c6nccn56)c43)c12. The van der Waals surface area contributed by atoms with Crippen LogP contribution in [0.5, 0.6) is 0 Å². The third-order valence-corrected chi connectivity index (χ3v) is 6.31. The van der Waals surface area contributed by atoms with Crippen LogP contribution in [0.25, 0.3) is 71.3 Å². The number of furan rings is 2. The lowest BCUT2D eigenvalue weighted by Crippen LogP contribution is -1.92. The van der Waals surface area contributed by atoms with E-state index >= 15 is 0 Å². The molecule has 0 fully saturated rings. The second-order valence-corrected chi connectivity index (χ2v) is 7.87. The molecule has 0 aliphatic rings. The van der Waals surface area contributed by atoms with Crippen LogP contribution in [0.15, 0.2) is 88.1 Å². The number of hydrogen-bond donors (Lipinski definition) is 0. The quantitative estimate of drug-likeness (QED) is 0.262. The van der Waals surface area contributed by atoms with Gasteiger partial charge in [-0.05, 0) is 42.5 Å². The van der Waals surface area contributed by atoms with Gasteiger partial charge in [0.25, 0.3) is 0 Å². The highest BCUT2D eigenvalue weighted by molar-refractivity contribution is 6.30. The van der Waals surface area contributed by atoms with Gasteiger partial charge in [-0.15, -0.1) is 0 Å². The first-order valence-corrected chi connectivity index (χ1v) is 10.2. The molecule has 3 aromatic carbocycles. The van der Waals surface area contributed by atoms with Crippen LogP contribution in [0.1, 0.15) is 0 Å². The Morgan fingerprint density at radius 3 is 2.48 bits per heavy atom. The highest BCUT2D eigenvalue weighted by atomic mass is 16.3. The first kappa shape index (κ1) is 15.5. The predicted molar refractivity (Wildman–Crippen MR) is 123 cm³/mol. The summed E-state index contributed by atoms with van der Waals surface area (Å²) < 4.78 is 14.7. The second kappa shape index (κ2) is 5.21. The van der Waals surface area contributed by atoms with Gasteiger partial charge in [0.15, 0.2) is 0 Å². The van der Waals surface area contributed by atoms with Gasteiger partial charge in [-0.25, -0.2) is 4.98 Å². The Hall–Kier alpha value is -4.38. The first-order valence-electron chi connectivity index (χ1n) is 10.2. The van der Waals surface area contributed by atoms with Crippen molar-refractivity contribution in [3.05, 3.63) is 79.3 Å². The molecule has 0 saturated heterocycles. The van der Waals surface area contributed by atoms with Crippen LogP contribution in [-0.2, 0) is 0 Å². The molecular formula is C26H13N3O2. The number of aromatic nitrogens is 3. The third kappa shape index (κ3) is 1.78. The van der Waals surface area contributed by atoms with Crippen LogP contribution < -0.4 is 0 Å². The predicted octanol–water partition coefficient (Wildman–Crippen LogP) is 6.83. The van der Waals surface area contributed by atoms with Gasteiger partial charge >= 0.3 is 0 Å². The molecule has 0 radical (unpaired) electrons. The van der Waals surface area contributed by atoms with Crippen LogP contribution in [0, 0.1) is 0 Å². The highest BCUT2D eigenvalue weighted by Crippen LogP contribution is 2.43. The number of nitrogens with zero attached hydrogens (tertiary/aromatic N) is 3. The molecule has 144 valence electrons. The van der Waals surface area contributed by atoms with Gasteiger partial charge in [0.1, 0.15) is 28.0 Å². The molecule has 0 atom stereocenters. The molecule has 0 amide bonds. The summed E-state index contributed by atoms with van der Waals surface area (Å²) in [5.74, 6) is 0. The molecule has 31 heavy (non-hydrogen) atoms. The van der Waals surface area contributed by atoms with E-state index in [1.165, 1.54) is 0 Å². The number of pyridine rings is 2. The van der Waals surface area contributed by atoms with E-state index in [0.29, 0.717) is 0 Å². The lowest BCUT2D eigenvalue weighted by Gasteiger charge is -2.08. The average Bonchev–Trinajstić information content (AvgIpc) is 3.53. The van der Waals surface area contributed by atoms with Crippen molar-refractivity contribution in [3.63, 3.8) is 0 Å². The van der Waals surface area contributed by atoms with Crippen molar-refractivity contribution in [2.24, 2.45) is 0 Å². The number of fused-ring (bicyclic) bond motifs is 14. The van der Waals surface area contributed by atoms with Crippen molar-refractivity contribution in [1.82, 2.24) is 14.4 Å². The topological polar surface area (TPSA) is 56.5 Å². The van der Waals surface area contributed by atoms with E-state index in [4.69, 9.17) is 13.8 Å². The smallest absolute Gasteiger partial charge is 0.147 e. The van der Waals surface area contributed by atoms with E-state index in [-0.39, 0.29) is 0 Å². The van der Waals surface area contributed by atoms with Gasteiger partial charge in [-0.2, -0.15) is 0 Å². The zero-order chi connectivity index (χ0) is 20.1. The maximum atomic E-state index is 6.47. The van der Waals surface area contributed by atoms with Crippen LogP contribution in [0.4, 0.5) is 0 Å². The Bertz CT molecular complexity index is 2010. The van der Waals surface area contributed by atoms with Gasteiger partial charge < -0.3 is 8.83 Å². The largest absolute Gasteiger partial charge is 0.456 e. The van der Waals surface area contributed by atoms with Crippen LogP contribution in [0.2, 0.25) is 0 Å². The number of rotatable bonds is 0. The fourth-order valence-corrected chi connectivity index (χ4v) is 5.05. The van der Waals surface area contributed by atoms with Gasteiger partial charge in [-0.3, -0.25) is 9.38 Å². The molecule has 0 bridgehead atoms. The minimum atomic E-state index is 0.831. The van der Waals surface area contributed by atoms with Crippen molar-refractivity contribution in [1.29, 1.82) is 0 Å². The fraction of sp³-hybridized carbons (Fsp3) is 0. The molecule has 5 heterocycles. The molecule has 0 unspecified atom stereocenters. The van der Waals surface area contributed by atoms with Crippen molar-refractivity contribution in [2.75, 3.05) is 0 Å². The minimum absolute atomic E-state index is 0.831. The average molecular weight is 399 g/mol. The molecular weight excluding hydrogens is 386 g/mol. The summed E-state index contributed by atoms with van der Waals surface area (Å²) >= 11 is 0. The number of para-hydroxylation sites is 1. The number of hydrogen-bond acceptors (Lipinski definition) is 4. The monoisotopic (exact) mass is 399 g/mol. The standard InChI is InChI=1S/C26H13N3O2/c1-2-6-18-14(4-1)22-20(30-18)9-7-15-21-19(31-25(15)22)10-8-17-23(21)24-16(5-3-11-27-24)26-28-12-13-29(17)26/h1-13H. The molecule has 0 spiro atoms. The van der Waals surface area contributed by atoms with Crippen LogP contribution >= 0.6 is 0 Å². The van der Waals surface area contributed by atoms with Crippen LogP contribution in [0.3, 0.4) is 0 Å². The summed E-state index contributed by atoms with van der Waals surface area (Å²) in [7, 11) is 0. The Balaban J connectivity index is 1.71. The molecule has 5 aromatic heterocycles. The van der Waals surface area contributed by atoms with Crippen molar-refractivity contribution in [3.8, 4) is 0 Å². The van der Waals surface area contributed by atoms with E-state index in [9.17, 15) is 0 Å². The van der Waals surface area contributed by atoms with E-state index < -0.39 is 0 Å². The van der Waals surface area contributed by atoms with E-state index in [1.807, 2.05) is 55.0 Å². The molecule has 8 aromatic rings. The van der Waals surface area contributed by atoms with Gasteiger partial charge in [0, 0.05) is 45.5 Å². The molecule has 0 aliphatic carbocycles. The summed E-state index contributed by atoms with van der Waals surface area (Å²) in [4.78, 5) is 9.35. The summed E-state index contributed by atoms with van der Waals surface area (Å²) in [6, 6.07) is 20.4. The Morgan fingerprint density at radius 2 is 1.48 bits per heavy atom. The fourth-order valence-electron chi connectivity index (χ4n) is 5.05. The summed E-state index contributed by atoms with van der Waals surface area (Å²) in [5.41, 5.74) is 6.28. The Kier molecular flexibility index (Phi) is 2.60. The normalized spacial score (nSPS) is 12.5. The van der Waals surface area contributed by atoms with E-state index in [1.54, 1.807) is 0 Å². The maximum Gasteiger partial charge on any atom is 0.147 e. The summed E-state index contributed by atoms with van der Waals surface area (Å²) in [5, 5.41) is 6.30. The van der Waals surface area contributed by atoms with E-state index in [0.717, 1.165) is 71.3 Å². The van der Waals surface area contributed by atoms with Crippen molar-refractivity contribution in [2.45, 2.75) is 0 Å². The molecule has 0 aliphatic heterocycles. The minimum Gasteiger partial charge on any atom is -0.456 e. The maximum absolute atomic E-state index is 6.47. The van der Waals surface area contributed by atoms with Gasteiger partial charge in [0.05, 0.1) is 16.4 Å². The number of imidazole rings is 1. The molecule has 0 N–H and O–H groups in total. The van der Waals surface area contributed by atoms with Crippen LogP contribution in [-0.4, -0.2) is 14.4 Å². The summed E-state index contributed by atoms with van der Waals surface area (Å²) in [6.45, 7) is 0. The van der Waals surface area contributed by atoms with Crippen molar-refractivity contribution >= 4 is 71.3 Å². The summed E-state index contributed by atoms with van der Waals surface area (Å²) in [6.07, 6.45) is 5.67. The second-order valence-electron chi connectivity index (χ2n) is 7.87.